The summed E-state index contributed by atoms with van der Waals surface area (Å²) in [6.45, 7) is 9.18. The van der Waals surface area contributed by atoms with Crippen LogP contribution in [-0.4, -0.2) is 46.6 Å². The third-order valence-electron chi connectivity index (χ3n) is 6.34. The zero-order valence-corrected chi connectivity index (χ0v) is 19.0. The maximum absolute atomic E-state index is 13.2. The van der Waals surface area contributed by atoms with E-state index < -0.39 is 0 Å². The summed E-state index contributed by atoms with van der Waals surface area (Å²) in [5.41, 5.74) is 5.89. The van der Waals surface area contributed by atoms with Crippen molar-refractivity contribution in [1.82, 2.24) is 14.7 Å². The highest BCUT2D eigenvalue weighted by Gasteiger charge is 2.29. The predicted molar refractivity (Wildman–Crippen MR) is 117 cm³/mol. The quantitative estimate of drug-likeness (QED) is 0.680. The molecule has 2 heterocycles. The van der Waals surface area contributed by atoms with Crippen molar-refractivity contribution in [3.05, 3.63) is 45.8 Å². The van der Waals surface area contributed by atoms with Gasteiger partial charge in [-0.25, -0.2) is 0 Å². The van der Waals surface area contributed by atoms with Crippen LogP contribution >= 0.6 is 0 Å². The fourth-order valence-corrected chi connectivity index (χ4v) is 4.64. The first-order chi connectivity index (χ1) is 14.2. The predicted octanol–water partition coefficient (Wildman–Crippen LogP) is 3.72. The number of hydrogen-bond acceptors (Lipinski definition) is 4. The molecule has 0 saturated carbocycles. The molecule has 0 N–H and O–H groups in total. The molecule has 1 fully saturated rings. The summed E-state index contributed by atoms with van der Waals surface area (Å²) < 4.78 is 7.28. The van der Waals surface area contributed by atoms with E-state index in [0.717, 1.165) is 53.2 Å². The SMILES string of the molecule is COc1c(C)cc(C(=O)C2CCCN(C(=O)CCc3c(C)nn(C)c3C)C2)cc1C. The number of nitrogens with zero attached hydrogens (tertiary/aromatic N) is 3. The Balaban J connectivity index is 1.66. The van der Waals surface area contributed by atoms with Gasteiger partial charge in [-0.3, -0.25) is 14.3 Å². The number of piperidine rings is 1. The van der Waals surface area contributed by atoms with E-state index in [2.05, 4.69) is 5.10 Å². The molecule has 0 spiro atoms. The number of rotatable bonds is 6. The number of methoxy groups -OCH3 is 1. The third-order valence-corrected chi connectivity index (χ3v) is 6.34. The van der Waals surface area contributed by atoms with Crippen LogP contribution < -0.4 is 4.74 Å². The molecule has 1 aromatic heterocycles. The number of hydrogen-bond donors (Lipinski definition) is 0. The third kappa shape index (κ3) is 4.42. The van der Waals surface area contributed by atoms with Crippen molar-refractivity contribution in [3.63, 3.8) is 0 Å². The van der Waals surface area contributed by atoms with Crippen LogP contribution in [0.2, 0.25) is 0 Å². The number of aryl methyl sites for hydroxylation is 4. The van der Waals surface area contributed by atoms with Crippen molar-refractivity contribution < 1.29 is 14.3 Å². The van der Waals surface area contributed by atoms with E-state index in [1.165, 1.54) is 0 Å². The van der Waals surface area contributed by atoms with Gasteiger partial charge in [-0.2, -0.15) is 5.10 Å². The van der Waals surface area contributed by atoms with Gasteiger partial charge in [-0.05, 0) is 75.8 Å². The number of amides is 1. The van der Waals surface area contributed by atoms with E-state index in [1.807, 2.05) is 56.5 Å². The monoisotopic (exact) mass is 411 g/mol. The average Bonchev–Trinajstić information content (AvgIpc) is 2.96. The van der Waals surface area contributed by atoms with Gasteiger partial charge in [0.2, 0.25) is 5.91 Å². The van der Waals surface area contributed by atoms with Crippen molar-refractivity contribution in [2.24, 2.45) is 13.0 Å². The van der Waals surface area contributed by atoms with Crippen LogP contribution in [0.3, 0.4) is 0 Å². The standard InChI is InChI=1S/C24H33N3O3/c1-15-12-20(13-16(2)24(15)30-6)23(29)19-8-7-11-27(14-19)22(28)10-9-21-17(3)25-26(5)18(21)4/h12-13,19H,7-11,14H2,1-6H3. The summed E-state index contributed by atoms with van der Waals surface area (Å²) in [7, 11) is 3.58. The number of likely N-dealkylation sites (tertiary alicyclic amines) is 1. The summed E-state index contributed by atoms with van der Waals surface area (Å²) in [5, 5.41) is 4.43. The number of Topliss-reactive ketones (excluding diaryl/α,β-unsaturated/α-hetero) is 1. The van der Waals surface area contributed by atoms with E-state index >= 15 is 0 Å². The molecule has 1 aliphatic heterocycles. The Bertz CT molecular complexity index is 938. The van der Waals surface area contributed by atoms with E-state index in [9.17, 15) is 9.59 Å². The zero-order valence-electron chi connectivity index (χ0n) is 19.0. The molecular formula is C24H33N3O3. The van der Waals surface area contributed by atoms with E-state index in [0.29, 0.717) is 24.9 Å². The maximum atomic E-state index is 13.2. The van der Waals surface area contributed by atoms with Gasteiger partial charge in [0.05, 0.1) is 12.8 Å². The molecule has 1 aromatic carbocycles. The number of aromatic nitrogens is 2. The molecule has 1 atom stereocenters. The first kappa shape index (κ1) is 22.1. The topological polar surface area (TPSA) is 64.4 Å². The Labute approximate surface area is 179 Å². The molecule has 1 unspecified atom stereocenters. The van der Waals surface area contributed by atoms with Crippen molar-refractivity contribution in [1.29, 1.82) is 0 Å². The fraction of sp³-hybridized carbons (Fsp3) is 0.542. The second kappa shape index (κ2) is 9.02. The second-order valence-corrected chi connectivity index (χ2v) is 8.46. The Morgan fingerprint density at radius 2 is 1.83 bits per heavy atom. The zero-order chi connectivity index (χ0) is 22.0. The van der Waals surface area contributed by atoms with Crippen LogP contribution in [0.15, 0.2) is 12.1 Å². The summed E-state index contributed by atoms with van der Waals surface area (Å²) in [6, 6.07) is 3.81. The molecule has 0 radical (unpaired) electrons. The molecular weight excluding hydrogens is 378 g/mol. The average molecular weight is 412 g/mol. The van der Waals surface area contributed by atoms with Crippen molar-refractivity contribution in [2.45, 2.75) is 53.4 Å². The molecule has 30 heavy (non-hydrogen) atoms. The van der Waals surface area contributed by atoms with Crippen molar-refractivity contribution in [3.8, 4) is 5.75 Å². The lowest BCUT2D eigenvalue weighted by atomic mass is 9.88. The Kier molecular flexibility index (Phi) is 6.64. The van der Waals surface area contributed by atoms with Gasteiger partial charge in [-0.15, -0.1) is 0 Å². The lowest BCUT2D eigenvalue weighted by Gasteiger charge is -2.32. The molecule has 1 saturated heterocycles. The first-order valence-electron chi connectivity index (χ1n) is 10.7. The Morgan fingerprint density at radius 3 is 2.40 bits per heavy atom. The Hall–Kier alpha value is -2.63. The molecule has 6 nitrogen and oxygen atoms in total. The highest BCUT2D eigenvalue weighted by atomic mass is 16.5. The lowest BCUT2D eigenvalue weighted by molar-refractivity contribution is -0.132. The molecule has 0 bridgehead atoms. The van der Waals surface area contributed by atoms with Crippen LogP contribution in [-0.2, 0) is 18.3 Å². The van der Waals surface area contributed by atoms with E-state index in [-0.39, 0.29) is 17.6 Å². The minimum absolute atomic E-state index is 0.122. The van der Waals surface area contributed by atoms with Gasteiger partial charge < -0.3 is 9.64 Å². The van der Waals surface area contributed by atoms with Gasteiger partial charge in [0.25, 0.3) is 0 Å². The number of ether oxygens (including phenoxy) is 1. The molecule has 0 aliphatic carbocycles. The van der Waals surface area contributed by atoms with Crippen LogP contribution in [0, 0.1) is 33.6 Å². The van der Waals surface area contributed by atoms with Gasteiger partial charge in [-0.1, -0.05) is 0 Å². The smallest absolute Gasteiger partial charge is 0.222 e. The van der Waals surface area contributed by atoms with Crippen molar-refractivity contribution in [2.75, 3.05) is 20.2 Å². The largest absolute Gasteiger partial charge is 0.496 e. The number of ketones is 1. The minimum Gasteiger partial charge on any atom is -0.496 e. The van der Waals surface area contributed by atoms with Gasteiger partial charge in [0, 0.05) is 43.7 Å². The summed E-state index contributed by atoms with van der Waals surface area (Å²) in [4.78, 5) is 27.9. The van der Waals surface area contributed by atoms with E-state index in [4.69, 9.17) is 4.74 Å². The van der Waals surface area contributed by atoms with Crippen LogP contribution in [0.25, 0.3) is 0 Å². The number of carbonyl (C=O) groups excluding carboxylic acids is 2. The van der Waals surface area contributed by atoms with Gasteiger partial charge in [0.15, 0.2) is 5.78 Å². The summed E-state index contributed by atoms with van der Waals surface area (Å²) >= 11 is 0. The summed E-state index contributed by atoms with van der Waals surface area (Å²) in [5.74, 6) is 0.933. The lowest BCUT2D eigenvalue weighted by Crippen LogP contribution is -2.42. The number of carbonyl (C=O) groups is 2. The number of benzene rings is 1. The maximum Gasteiger partial charge on any atom is 0.222 e. The minimum atomic E-state index is -0.142. The molecule has 162 valence electrons. The van der Waals surface area contributed by atoms with Crippen LogP contribution in [0.1, 0.15) is 57.7 Å². The molecule has 1 aliphatic rings. The Morgan fingerprint density at radius 1 is 1.17 bits per heavy atom. The van der Waals surface area contributed by atoms with Crippen LogP contribution in [0.5, 0.6) is 5.75 Å². The van der Waals surface area contributed by atoms with Crippen LogP contribution in [0.4, 0.5) is 0 Å². The normalized spacial score (nSPS) is 16.6. The molecule has 1 amide bonds. The molecule has 3 rings (SSSR count). The van der Waals surface area contributed by atoms with E-state index in [1.54, 1.807) is 7.11 Å². The van der Waals surface area contributed by atoms with Crippen molar-refractivity contribution >= 4 is 11.7 Å². The van der Waals surface area contributed by atoms with Gasteiger partial charge in [0.1, 0.15) is 5.75 Å². The second-order valence-electron chi connectivity index (χ2n) is 8.46. The highest BCUT2D eigenvalue weighted by molar-refractivity contribution is 5.99. The summed E-state index contributed by atoms with van der Waals surface area (Å²) in [6.07, 6.45) is 2.83. The fourth-order valence-electron chi connectivity index (χ4n) is 4.64. The molecule has 2 aromatic rings. The van der Waals surface area contributed by atoms with Gasteiger partial charge >= 0.3 is 0 Å². The highest BCUT2D eigenvalue weighted by Crippen LogP contribution is 2.28. The molecule has 6 heteroatoms. The first-order valence-corrected chi connectivity index (χ1v) is 10.7.